The van der Waals surface area contributed by atoms with Crippen LogP contribution in [-0.2, 0) is 11.8 Å². The van der Waals surface area contributed by atoms with Crippen LogP contribution in [0.2, 0.25) is 0 Å². The van der Waals surface area contributed by atoms with Gasteiger partial charge in [-0.2, -0.15) is 5.10 Å². The lowest BCUT2D eigenvalue weighted by Crippen LogP contribution is -1.97. The second kappa shape index (κ2) is 9.07. The average Bonchev–Trinajstić information content (AvgIpc) is 3.31. The van der Waals surface area contributed by atoms with E-state index >= 15 is 0 Å². The van der Waals surface area contributed by atoms with Gasteiger partial charge in [0.2, 0.25) is 0 Å². The topological polar surface area (TPSA) is 86.5 Å². The highest BCUT2D eigenvalue weighted by Crippen LogP contribution is 2.37. The van der Waals surface area contributed by atoms with Gasteiger partial charge < -0.3 is 14.6 Å². The second-order valence-corrected chi connectivity index (χ2v) is 8.90. The van der Waals surface area contributed by atoms with Gasteiger partial charge in [-0.1, -0.05) is 12.1 Å². The second-order valence-electron chi connectivity index (χ2n) is 7.87. The Morgan fingerprint density at radius 3 is 2.79 bits per heavy atom. The first-order chi connectivity index (χ1) is 16.1. The van der Waals surface area contributed by atoms with Crippen molar-refractivity contribution in [2.24, 2.45) is 7.05 Å². The Labute approximate surface area is 194 Å². The van der Waals surface area contributed by atoms with E-state index in [0.29, 0.717) is 25.4 Å². The number of hydrogen-bond donors (Lipinski definition) is 1. The van der Waals surface area contributed by atoms with Gasteiger partial charge in [0.05, 0.1) is 29.1 Å². The van der Waals surface area contributed by atoms with Crippen molar-refractivity contribution in [2.45, 2.75) is 19.3 Å². The van der Waals surface area contributed by atoms with Gasteiger partial charge in [0.25, 0.3) is 0 Å². The predicted molar refractivity (Wildman–Crippen MR) is 129 cm³/mol. The molecule has 5 rings (SSSR count). The first-order valence-electron chi connectivity index (χ1n) is 10.8. The van der Waals surface area contributed by atoms with Crippen molar-refractivity contribution in [1.29, 1.82) is 0 Å². The average molecular weight is 462 g/mol. The van der Waals surface area contributed by atoms with Crippen LogP contribution in [0.25, 0.3) is 33.1 Å². The number of hydrogen-bond acceptors (Lipinski definition) is 6. The molecule has 0 aliphatic carbocycles. The largest absolute Gasteiger partial charge is 0.490 e. The van der Waals surface area contributed by atoms with Crippen molar-refractivity contribution in [3.8, 4) is 22.8 Å². The summed E-state index contributed by atoms with van der Waals surface area (Å²) in [5.74, 6) is 0.611. The molecule has 4 aromatic rings. The number of carbonyl (C=O) groups is 1. The van der Waals surface area contributed by atoms with E-state index in [9.17, 15) is 9.90 Å². The molecule has 0 bridgehead atoms. The first kappa shape index (κ1) is 21.2. The van der Waals surface area contributed by atoms with Crippen LogP contribution in [0, 0.1) is 0 Å². The van der Waals surface area contributed by atoms with Gasteiger partial charge in [0, 0.05) is 37.2 Å². The molecule has 0 saturated carbocycles. The van der Waals surface area contributed by atoms with Crippen LogP contribution in [0.3, 0.4) is 0 Å². The van der Waals surface area contributed by atoms with Crippen molar-refractivity contribution >= 4 is 39.2 Å². The molecule has 0 atom stereocenters. The van der Waals surface area contributed by atoms with Crippen molar-refractivity contribution in [3.05, 3.63) is 59.2 Å². The lowest BCUT2D eigenvalue weighted by molar-refractivity contribution is -0.136. The number of aryl methyl sites for hydroxylation is 1. The van der Waals surface area contributed by atoms with Gasteiger partial charge in [-0.3, -0.25) is 9.48 Å². The van der Waals surface area contributed by atoms with E-state index in [1.807, 2.05) is 61.8 Å². The van der Waals surface area contributed by atoms with Gasteiger partial charge in [0.1, 0.15) is 5.01 Å². The SMILES string of the molecule is Cn1cc(/C=C(\CCC(=O)O)c2nc3ccccc3s2)c(-c2ccc3c(c2)OCCCO3)n1. The molecule has 0 fully saturated rings. The summed E-state index contributed by atoms with van der Waals surface area (Å²) in [6, 6.07) is 13.8. The Bertz CT molecular complexity index is 1320. The Morgan fingerprint density at radius 1 is 1.15 bits per heavy atom. The van der Waals surface area contributed by atoms with E-state index in [1.165, 1.54) is 0 Å². The zero-order valence-corrected chi connectivity index (χ0v) is 19.0. The van der Waals surface area contributed by atoms with E-state index < -0.39 is 5.97 Å². The molecule has 0 spiro atoms. The summed E-state index contributed by atoms with van der Waals surface area (Å²) < 4.78 is 14.4. The Balaban J connectivity index is 1.57. The van der Waals surface area contributed by atoms with Crippen LogP contribution in [0.4, 0.5) is 0 Å². The molecule has 0 unspecified atom stereocenters. The summed E-state index contributed by atoms with van der Waals surface area (Å²) in [5, 5.41) is 14.8. The lowest BCUT2D eigenvalue weighted by atomic mass is 10.0. The number of carboxylic acid groups (broad SMARTS) is 1. The molecule has 0 radical (unpaired) electrons. The van der Waals surface area contributed by atoms with Crippen LogP contribution < -0.4 is 9.47 Å². The van der Waals surface area contributed by atoms with Crippen molar-refractivity contribution in [1.82, 2.24) is 14.8 Å². The van der Waals surface area contributed by atoms with Crippen molar-refractivity contribution < 1.29 is 19.4 Å². The summed E-state index contributed by atoms with van der Waals surface area (Å²) in [5.41, 5.74) is 4.39. The number of carboxylic acids is 1. The summed E-state index contributed by atoms with van der Waals surface area (Å²) in [4.78, 5) is 16.1. The number of thiazole rings is 1. The zero-order chi connectivity index (χ0) is 22.8. The van der Waals surface area contributed by atoms with Gasteiger partial charge >= 0.3 is 5.97 Å². The number of rotatable bonds is 6. The molecule has 0 saturated heterocycles. The number of para-hydroxylation sites is 1. The molecule has 2 aromatic carbocycles. The van der Waals surface area contributed by atoms with E-state index in [2.05, 4.69) is 5.10 Å². The Kier molecular flexibility index (Phi) is 5.83. The molecule has 0 amide bonds. The quantitative estimate of drug-likeness (QED) is 0.421. The standard InChI is InChI=1S/C25H23N3O4S/c1-28-15-18(24(27-28)16-7-9-20-21(14-16)32-12-4-11-31-20)13-17(8-10-23(29)30)25-26-19-5-2-3-6-22(19)33-25/h2-3,5-7,9,13-15H,4,8,10-12H2,1H3,(H,29,30)/b17-13+. The van der Waals surface area contributed by atoms with Gasteiger partial charge in [-0.25, -0.2) is 4.98 Å². The van der Waals surface area contributed by atoms with Gasteiger partial charge in [-0.05, 0) is 48.4 Å². The smallest absolute Gasteiger partial charge is 0.303 e. The summed E-state index contributed by atoms with van der Waals surface area (Å²) in [7, 11) is 1.87. The zero-order valence-electron chi connectivity index (χ0n) is 18.2. The number of aromatic nitrogens is 3. The fourth-order valence-corrected chi connectivity index (χ4v) is 4.84. The number of benzene rings is 2. The van der Waals surface area contributed by atoms with E-state index in [1.54, 1.807) is 16.0 Å². The molecular weight excluding hydrogens is 438 g/mol. The number of allylic oxidation sites excluding steroid dienone is 1. The molecule has 3 heterocycles. The minimum Gasteiger partial charge on any atom is -0.490 e. The predicted octanol–water partition coefficient (Wildman–Crippen LogP) is 5.26. The summed E-state index contributed by atoms with van der Waals surface area (Å²) >= 11 is 1.57. The van der Waals surface area contributed by atoms with Gasteiger partial charge in [0.15, 0.2) is 11.5 Å². The maximum atomic E-state index is 11.3. The third kappa shape index (κ3) is 4.61. The summed E-state index contributed by atoms with van der Waals surface area (Å²) in [6.07, 6.45) is 5.20. The highest BCUT2D eigenvalue weighted by atomic mass is 32.1. The fraction of sp³-hybridized carbons (Fsp3) is 0.240. The maximum Gasteiger partial charge on any atom is 0.303 e. The molecule has 168 valence electrons. The third-order valence-electron chi connectivity index (χ3n) is 5.38. The van der Waals surface area contributed by atoms with Crippen LogP contribution in [0.5, 0.6) is 11.5 Å². The van der Waals surface area contributed by atoms with Crippen molar-refractivity contribution in [3.63, 3.8) is 0 Å². The van der Waals surface area contributed by atoms with Crippen LogP contribution in [-0.4, -0.2) is 39.1 Å². The van der Waals surface area contributed by atoms with E-state index in [0.717, 1.165) is 49.8 Å². The molecule has 8 heteroatoms. The Hall–Kier alpha value is -3.65. The highest BCUT2D eigenvalue weighted by molar-refractivity contribution is 7.19. The van der Waals surface area contributed by atoms with E-state index in [-0.39, 0.29) is 6.42 Å². The third-order valence-corrected chi connectivity index (χ3v) is 6.50. The molecule has 1 aliphatic rings. The summed E-state index contributed by atoms with van der Waals surface area (Å²) in [6.45, 7) is 1.25. The highest BCUT2D eigenvalue weighted by Gasteiger charge is 2.17. The number of aliphatic carboxylic acids is 1. The lowest BCUT2D eigenvalue weighted by Gasteiger charge is -2.09. The van der Waals surface area contributed by atoms with Crippen LogP contribution >= 0.6 is 11.3 Å². The minimum atomic E-state index is -0.837. The minimum absolute atomic E-state index is 0.0291. The number of fused-ring (bicyclic) bond motifs is 2. The number of nitrogens with zero attached hydrogens (tertiary/aromatic N) is 3. The molecule has 33 heavy (non-hydrogen) atoms. The van der Waals surface area contributed by atoms with Gasteiger partial charge in [-0.15, -0.1) is 11.3 Å². The molecule has 2 aromatic heterocycles. The molecule has 1 N–H and O–H groups in total. The molecule has 7 nitrogen and oxygen atoms in total. The Morgan fingerprint density at radius 2 is 1.97 bits per heavy atom. The van der Waals surface area contributed by atoms with E-state index in [4.69, 9.17) is 14.5 Å². The monoisotopic (exact) mass is 461 g/mol. The maximum absolute atomic E-state index is 11.3. The fourth-order valence-electron chi connectivity index (χ4n) is 3.83. The van der Waals surface area contributed by atoms with Crippen LogP contribution in [0.1, 0.15) is 29.8 Å². The first-order valence-corrected chi connectivity index (χ1v) is 11.6. The van der Waals surface area contributed by atoms with Crippen LogP contribution in [0.15, 0.2) is 48.7 Å². The number of ether oxygens (including phenoxy) is 2. The normalized spacial score (nSPS) is 13.8. The molecule has 1 aliphatic heterocycles. The molecular formula is C25H23N3O4S. The van der Waals surface area contributed by atoms with Crippen molar-refractivity contribution in [2.75, 3.05) is 13.2 Å².